The maximum atomic E-state index is 12.8. The number of aromatic nitrogens is 3. The van der Waals surface area contributed by atoms with Crippen molar-refractivity contribution in [2.45, 2.75) is 6.43 Å². The number of anilines is 1. The van der Waals surface area contributed by atoms with Crippen LogP contribution in [0.1, 0.15) is 0 Å². The van der Waals surface area contributed by atoms with Crippen LogP contribution in [0, 0.1) is 10.8 Å². The predicted molar refractivity (Wildman–Crippen MR) is 109 cm³/mol. The van der Waals surface area contributed by atoms with Crippen molar-refractivity contribution < 1.29 is 8.78 Å². The van der Waals surface area contributed by atoms with Gasteiger partial charge in [0.15, 0.2) is 5.84 Å². The molecule has 29 heavy (non-hydrogen) atoms. The highest BCUT2D eigenvalue weighted by Crippen LogP contribution is 2.32. The third kappa shape index (κ3) is 3.42. The van der Waals surface area contributed by atoms with Gasteiger partial charge in [-0.25, -0.2) is 18.7 Å². The molecule has 1 fully saturated rings. The number of hydrogen-bond donors (Lipinski definition) is 2. The minimum Gasteiger partial charge on any atom is -0.347 e. The Morgan fingerprint density at radius 1 is 1.24 bits per heavy atom. The van der Waals surface area contributed by atoms with Crippen LogP contribution in [-0.2, 0) is 7.05 Å². The summed E-state index contributed by atoms with van der Waals surface area (Å²) in [7, 11) is 1.91. The molecule has 1 aliphatic rings. The van der Waals surface area contributed by atoms with Gasteiger partial charge in [-0.3, -0.25) is 10.8 Å². The number of benzene rings is 1. The van der Waals surface area contributed by atoms with Crippen LogP contribution in [0.25, 0.3) is 22.4 Å². The number of fused-ring (bicyclic) bond motifs is 1. The van der Waals surface area contributed by atoms with Crippen molar-refractivity contribution in [3.63, 3.8) is 0 Å². The van der Waals surface area contributed by atoms with E-state index >= 15 is 0 Å². The topological polar surface area (TPSA) is 84.9 Å². The van der Waals surface area contributed by atoms with Gasteiger partial charge in [-0.1, -0.05) is 23.7 Å². The zero-order valence-electron chi connectivity index (χ0n) is 15.5. The standard InChI is InChI=1S/C19H18ClF2N7/c1-27-14-5-3-2-4-13(14)26-19(27)11-8-16(25-9-12(11)20)28-6-7-29(15(23)10-28)18(24)17(21)22/h2-5,8-9,17,23-24H,6-7,10H2,1H3. The van der Waals surface area contributed by atoms with Gasteiger partial charge in [0.2, 0.25) is 0 Å². The number of halogens is 3. The fraction of sp³-hybridized carbons (Fsp3) is 0.263. The number of para-hydroxylation sites is 2. The number of nitrogens with one attached hydrogen (secondary N) is 2. The number of piperazine rings is 1. The Labute approximate surface area is 170 Å². The molecular weight excluding hydrogens is 400 g/mol. The molecule has 0 bridgehead atoms. The second kappa shape index (κ2) is 7.40. The molecule has 3 aromatic rings. The molecule has 1 aliphatic heterocycles. The van der Waals surface area contributed by atoms with E-state index in [-0.39, 0.29) is 18.9 Å². The van der Waals surface area contributed by atoms with Crippen molar-refractivity contribution in [2.75, 3.05) is 24.5 Å². The molecule has 150 valence electrons. The molecule has 0 amide bonds. The second-order valence-corrected chi connectivity index (χ2v) is 7.12. The first-order chi connectivity index (χ1) is 13.9. The summed E-state index contributed by atoms with van der Waals surface area (Å²) in [6.45, 7) is 0.549. The average molecular weight is 418 g/mol. The highest BCUT2D eigenvalue weighted by Gasteiger charge is 2.29. The summed E-state index contributed by atoms with van der Waals surface area (Å²) in [6.07, 6.45) is -1.37. The lowest BCUT2D eigenvalue weighted by Gasteiger charge is -2.36. The highest BCUT2D eigenvalue weighted by atomic mass is 35.5. The largest absolute Gasteiger partial charge is 0.347 e. The summed E-state index contributed by atoms with van der Waals surface area (Å²) >= 11 is 6.40. The Kier molecular flexibility index (Phi) is 4.91. The first-order valence-electron chi connectivity index (χ1n) is 8.90. The van der Waals surface area contributed by atoms with Crippen molar-refractivity contribution >= 4 is 40.1 Å². The molecule has 1 aromatic carbocycles. The molecule has 0 unspecified atom stereocenters. The molecule has 2 aromatic heterocycles. The van der Waals surface area contributed by atoms with Gasteiger partial charge in [0, 0.05) is 31.9 Å². The van der Waals surface area contributed by atoms with E-state index in [2.05, 4.69) is 9.97 Å². The van der Waals surface area contributed by atoms with Gasteiger partial charge in [0.25, 0.3) is 6.43 Å². The Bertz CT molecular complexity index is 1110. The molecule has 0 atom stereocenters. The van der Waals surface area contributed by atoms with Crippen LogP contribution in [0.15, 0.2) is 36.5 Å². The molecule has 1 saturated heterocycles. The van der Waals surface area contributed by atoms with Crippen LogP contribution in [0.4, 0.5) is 14.6 Å². The molecule has 0 spiro atoms. The van der Waals surface area contributed by atoms with Gasteiger partial charge in [0.05, 0.1) is 22.6 Å². The second-order valence-electron chi connectivity index (χ2n) is 6.71. The Morgan fingerprint density at radius 2 is 2.00 bits per heavy atom. The smallest absolute Gasteiger partial charge is 0.295 e. The fourth-order valence-corrected chi connectivity index (χ4v) is 3.63. The molecule has 0 saturated carbocycles. The number of pyridine rings is 1. The summed E-state index contributed by atoms with van der Waals surface area (Å²) in [5.41, 5.74) is 2.52. The van der Waals surface area contributed by atoms with E-state index in [1.807, 2.05) is 35.9 Å². The summed E-state index contributed by atoms with van der Waals surface area (Å²) in [5, 5.41) is 16.0. The lowest BCUT2D eigenvalue weighted by Crippen LogP contribution is -2.53. The van der Waals surface area contributed by atoms with Gasteiger partial charge in [-0.05, 0) is 18.2 Å². The normalized spacial score (nSPS) is 14.9. The van der Waals surface area contributed by atoms with Crippen LogP contribution >= 0.6 is 11.6 Å². The third-order valence-electron chi connectivity index (χ3n) is 4.95. The maximum absolute atomic E-state index is 12.8. The summed E-state index contributed by atoms with van der Waals surface area (Å²) < 4.78 is 27.6. The van der Waals surface area contributed by atoms with E-state index < -0.39 is 12.3 Å². The quantitative estimate of drug-likeness (QED) is 0.503. The molecule has 0 aliphatic carbocycles. The molecule has 0 radical (unpaired) electrons. The molecule has 10 heteroatoms. The minimum atomic E-state index is -2.90. The van der Waals surface area contributed by atoms with Gasteiger partial charge >= 0.3 is 0 Å². The van der Waals surface area contributed by atoms with E-state index in [1.54, 1.807) is 11.0 Å². The van der Waals surface area contributed by atoms with Crippen molar-refractivity contribution in [3.05, 3.63) is 41.6 Å². The Balaban J connectivity index is 1.65. The maximum Gasteiger partial charge on any atom is 0.295 e. The highest BCUT2D eigenvalue weighted by molar-refractivity contribution is 6.33. The first kappa shape index (κ1) is 19.3. The lowest BCUT2D eigenvalue weighted by molar-refractivity contribution is 0.209. The van der Waals surface area contributed by atoms with E-state index in [0.717, 1.165) is 15.9 Å². The van der Waals surface area contributed by atoms with Gasteiger partial charge in [-0.2, -0.15) is 0 Å². The molecule has 2 N–H and O–H groups in total. The SMILES string of the molecule is Cn1c(-c2cc(N3CCN(C(=N)C(F)F)C(=N)C3)ncc2Cl)nc2ccccc21. The summed E-state index contributed by atoms with van der Waals surface area (Å²) in [4.78, 5) is 11.9. The fourth-order valence-electron chi connectivity index (χ4n) is 3.44. The molecule has 7 nitrogen and oxygen atoms in total. The van der Waals surface area contributed by atoms with E-state index in [9.17, 15) is 8.78 Å². The number of alkyl halides is 2. The van der Waals surface area contributed by atoms with Gasteiger partial charge in [0.1, 0.15) is 17.5 Å². The number of aryl methyl sites for hydroxylation is 1. The number of imidazole rings is 1. The zero-order chi connectivity index (χ0) is 20.7. The zero-order valence-corrected chi connectivity index (χ0v) is 16.3. The van der Waals surface area contributed by atoms with E-state index in [4.69, 9.17) is 22.4 Å². The van der Waals surface area contributed by atoms with Crippen LogP contribution < -0.4 is 4.90 Å². The monoisotopic (exact) mass is 417 g/mol. The molecular formula is C19H18ClF2N7. The van der Waals surface area contributed by atoms with Crippen molar-refractivity contribution in [1.29, 1.82) is 10.8 Å². The van der Waals surface area contributed by atoms with Crippen LogP contribution in [0.5, 0.6) is 0 Å². The Hall–Kier alpha value is -3.07. The van der Waals surface area contributed by atoms with Gasteiger partial charge < -0.3 is 14.4 Å². The van der Waals surface area contributed by atoms with E-state index in [1.165, 1.54) is 6.20 Å². The summed E-state index contributed by atoms with van der Waals surface area (Å²) in [5.74, 6) is 0.346. The van der Waals surface area contributed by atoms with Crippen molar-refractivity contribution in [2.24, 2.45) is 7.05 Å². The van der Waals surface area contributed by atoms with Gasteiger partial charge in [-0.15, -0.1) is 0 Å². The van der Waals surface area contributed by atoms with Crippen LogP contribution in [0.2, 0.25) is 5.02 Å². The molecule has 3 heterocycles. The number of nitrogens with zero attached hydrogens (tertiary/aromatic N) is 5. The van der Waals surface area contributed by atoms with E-state index in [0.29, 0.717) is 28.8 Å². The predicted octanol–water partition coefficient (Wildman–Crippen LogP) is 3.63. The summed E-state index contributed by atoms with van der Waals surface area (Å²) in [6, 6.07) is 9.55. The van der Waals surface area contributed by atoms with Crippen molar-refractivity contribution in [1.82, 2.24) is 19.4 Å². The van der Waals surface area contributed by atoms with Crippen LogP contribution in [-0.4, -0.2) is 57.2 Å². The molecule has 4 rings (SSSR count). The van der Waals surface area contributed by atoms with Crippen molar-refractivity contribution in [3.8, 4) is 11.4 Å². The number of rotatable bonds is 3. The first-order valence-corrected chi connectivity index (χ1v) is 9.28. The van der Waals surface area contributed by atoms with Crippen LogP contribution in [0.3, 0.4) is 0 Å². The minimum absolute atomic E-state index is 0.0671. The third-order valence-corrected chi connectivity index (χ3v) is 5.25. The average Bonchev–Trinajstić information content (AvgIpc) is 3.04. The Morgan fingerprint density at radius 3 is 2.69 bits per heavy atom. The number of amidine groups is 2. The lowest BCUT2D eigenvalue weighted by atomic mass is 10.2. The number of hydrogen-bond acceptors (Lipinski definition) is 5.